The fourth-order valence-corrected chi connectivity index (χ4v) is 2.31. The van der Waals surface area contributed by atoms with E-state index >= 15 is 0 Å². The van der Waals surface area contributed by atoms with Gasteiger partial charge in [-0.05, 0) is 43.5 Å². The van der Waals surface area contributed by atoms with E-state index in [0.29, 0.717) is 25.1 Å². The third-order valence-electron chi connectivity index (χ3n) is 3.29. The van der Waals surface area contributed by atoms with Gasteiger partial charge in [-0.1, -0.05) is 12.1 Å². The van der Waals surface area contributed by atoms with E-state index in [2.05, 4.69) is 0 Å². The van der Waals surface area contributed by atoms with Crippen LogP contribution in [0.25, 0.3) is 0 Å². The molecule has 1 heterocycles. The average molecular weight is 261 g/mol. The first-order valence-electron chi connectivity index (χ1n) is 6.49. The Morgan fingerprint density at radius 3 is 2.79 bits per heavy atom. The molecule has 1 aliphatic rings. The van der Waals surface area contributed by atoms with Gasteiger partial charge in [-0.25, -0.2) is 4.90 Å². The molecule has 1 aromatic carbocycles. The first-order chi connectivity index (χ1) is 9.04. The summed E-state index contributed by atoms with van der Waals surface area (Å²) in [4.78, 5) is 25.2. The molecule has 1 aliphatic heterocycles. The highest BCUT2D eigenvalue weighted by molar-refractivity contribution is 6.17. The average Bonchev–Trinajstić information content (AvgIpc) is 2.38. The largest absolute Gasteiger partial charge is 0.330 e. The molecule has 4 N–H and O–H groups in total. The lowest BCUT2D eigenvalue weighted by atomic mass is 9.97. The summed E-state index contributed by atoms with van der Waals surface area (Å²) in [7, 11) is 0. The number of amides is 2. The molecule has 0 saturated heterocycles. The highest BCUT2D eigenvalue weighted by atomic mass is 16.2. The first-order valence-corrected chi connectivity index (χ1v) is 6.49. The second-order valence-electron chi connectivity index (χ2n) is 4.86. The Balaban J connectivity index is 2.39. The van der Waals surface area contributed by atoms with Gasteiger partial charge in [0.1, 0.15) is 0 Å². The molecule has 102 valence electrons. The molecule has 19 heavy (non-hydrogen) atoms. The molecule has 0 bridgehead atoms. The highest BCUT2D eigenvalue weighted by Crippen LogP contribution is 2.29. The zero-order valence-corrected chi connectivity index (χ0v) is 11.1. The third-order valence-corrected chi connectivity index (χ3v) is 3.29. The zero-order valence-electron chi connectivity index (χ0n) is 11.1. The smallest absolute Gasteiger partial charge is 0.250 e. The fraction of sp³-hybridized carbons (Fsp3) is 0.429. The van der Waals surface area contributed by atoms with E-state index < -0.39 is 6.04 Å². The normalized spacial score (nSPS) is 16.2. The monoisotopic (exact) mass is 261 g/mol. The van der Waals surface area contributed by atoms with Gasteiger partial charge in [-0.3, -0.25) is 9.59 Å². The lowest BCUT2D eigenvalue weighted by molar-refractivity contribution is -0.127. The Hall–Kier alpha value is -1.72. The van der Waals surface area contributed by atoms with Crippen LogP contribution in [-0.4, -0.2) is 24.4 Å². The van der Waals surface area contributed by atoms with Crippen LogP contribution in [0.15, 0.2) is 18.2 Å². The van der Waals surface area contributed by atoms with Gasteiger partial charge in [0.2, 0.25) is 11.8 Å². The Morgan fingerprint density at radius 2 is 2.16 bits per heavy atom. The van der Waals surface area contributed by atoms with Crippen LogP contribution in [0.1, 0.15) is 24.5 Å². The lowest BCUT2D eigenvalue weighted by Crippen LogP contribution is -2.47. The van der Waals surface area contributed by atoms with Crippen molar-refractivity contribution in [2.75, 3.05) is 11.4 Å². The lowest BCUT2D eigenvalue weighted by Gasteiger charge is -2.29. The maximum absolute atomic E-state index is 12.0. The first kappa shape index (κ1) is 13.7. The molecule has 1 aromatic rings. The molecule has 0 saturated carbocycles. The van der Waals surface area contributed by atoms with Gasteiger partial charge in [-0.2, -0.15) is 0 Å². The number of aryl methyl sites for hydroxylation is 1. The number of nitrogens with two attached hydrogens (primary N) is 2. The van der Waals surface area contributed by atoms with E-state index in [-0.39, 0.29) is 11.8 Å². The number of benzene rings is 1. The highest BCUT2D eigenvalue weighted by Gasteiger charge is 2.30. The molecule has 1 unspecified atom stereocenters. The van der Waals surface area contributed by atoms with E-state index in [1.807, 2.05) is 18.2 Å². The number of carbonyl (C=O) groups excluding carboxylic acids is 2. The van der Waals surface area contributed by atoms with Crippen molar-refractivity contribution < 1.29 is 9.59 Å². The molecular weight excluding hydrogens is 242 g/mol. The van der Waals surface area contributed by atoms with Crippen molar-refractivity contribution in [1.82, 2.24) is 0 Å². The molecule has 2 rings (SSSR count). The minimum atomic E-state index is -0.682. The van der Waals surface area contributed by atoms with Gasteiger partial charge in [0.05, 0.1) is 11.7 Å². The summed E-state index contributed by atoms with van der Waals surface area (Å²) in [5.74, 6) is -0.529. The number of carbonyl (C=O) groups is 2. The number of hydrogen-bond donors (Lipinski definition) is 2. The summed E-state index contributed by atoms with van der Waals surface area (Å²) >= 11 is 0. The molecule has 5 nitrogen and oxygen atoms in total. The standard InChI is InChI=1S/C14H19N3O2/c1-9(16)14(19)17-12-4-2-10(6-7-15)8-11(12)3-5-13(17)18/h2,4,8-9H,3,5-7,15-16H2,1H3. The second kappa shape index (κ2) is 5.50. The minimum Gasteiger partial charge on any atom is -0.330 e. The SMILES string of the molecule is CC(N)C(=O)N1C(=O)CCc2cc(CCN)ccc21. The van der Waals surface area contributed by atoms with Gasteiger partial charge < -0.3 is 11.5 Å². The van der Waals surface area contributed by atoms with Gasteiger partial charge in [0, 0.05) is 6.42 Å². The van der Waals surface area contributed by atoms with Crippen LogP contribution in [0.5, 0.6) is 0 Å². The zero-order chi connectivity index (χ0) is 14.0. The van der Waals surface area contributed by atoms with Crippen molar-refractivity contribution in [3.8, 4) is 0 Å². The van der Waals surface area contributed by atoms with Crippen LogP contribution >= 0.6 is 0 Å². The number of rotatable bonds is 3. The Bertz CT molecular complexity index is 511. The summed E-state index contributed by atoms with van der Waals surface area (Å²) in [6, 6.07) is 5.07. The van der Waals surface area contributed by atoms with Crippen molar-refractivity contribution in [2.24, 2.45) is 11.5 Å². The van der Waals surface area contributed by atoms with E-state index in [1.165, 1.54) is 4.90 Å². The summed E-state index contributed by atoms with van der Waals surface area (Å²) in [6.07, 6.45) is 1.80. The molecule has 0 spiro atoms. The van der Waals surface area contributed by atoms with Crippen LogP contribution in [0.4, 0.5) is 5.69 Å². The van der Waals surface area contributed by atoms with Gasteiger partial charge in [0.25, 0.3) is 0 Å². The minimum absolute atomic E-state index is 0.179. The Labute approximate surface area is 112 Å². The van der Waals surface area contributed by atoms with Crippen LogP contribution in [-0.2, 0) is 22.4 Å². The van der Waals surface area contributed by atoms with Gasteiger partial charge in [-0.15, -0.1) is 0 Å². The predicted molar refractivity (Wildman–Crippen MR) is 73.7 cm³/mol. The third kappa shape index (κ3) is 2.67. The van der Waals surface area contributed by atoms with Crippen molar-refractivity contribution >= 4 is 17.5 Å². The maximum atomic E-state index is 12.0. The quantitative estimate of drug-likeness (QED) is 0.821. The number of nitrogens with zero attached hydrogens (tertiary/aromatic N) is 1. The topological polar surface area (TPSA) is 89.4 Å². The molecule has 0 fully saturated rings. The Morgan fingerprint density at radius 1 is 1.42 bits per heavy atom. The van der Waals surface area contributed by atoms with Crippen molar-refractivity contribution in [2.45, 2.75) is 32.2 Å². The van der Waals surface area contributed by atoms with Crippen LogP contribution < -0.4 is 16.4 Å². The second-order valence-corrected chi connectivity index (χ2v) is 4.86. The number of anilines is 1. The van der Waals surface area contributed by atoms with Gasteiger partial charge in [0.15, 0.2) is 0 Å². The number of fused-ring (bicyclic) bond motifs is 1. The predicted octanol–water partition coefficient (Wildman–Crippen LogP) is 0.341. The summed E-state index contributed by atoms with van der Waals surface area (Å²) < 4.78 is 0. The summed E-state index contributed by atoms with van der Waals surface area (Å²) in [6.45, 7) is 2.17. The molecule has 0 radical (unpaired) electrons. The number of hydrogen-bond acceptors (Lipinski definition) is 4. The molecule has 0 aliphatic carbocycles. The molecule has 5 heteroatoms. The van der Waals surface area contributed by atoms with Crippen molar-refractivity contribution in [1.29, 1.82) is 0 Å². The number of imide groups is 1. The Kier molecular flexibility index (Phi) is 3.97. The van der Waals surface area contributed by atoms with E-state index in [4.69, 9.17) is 11.5 Å². The van der Waals surface area contributed by atoms with E-state index in [0.717, 1.165) is 17.5 Å². The van der Waals surface area contributed by atoms with E-state index in [1.54, 1.807) is 6.92 Å². The molecular formula is C14H19N3O2. The summed E-state index contributed by atoms with van der Waals surface area (Å²) in [5, 5.41) is 0. The van der Waals surface area contributed by atoms with Crippen LogP contribution in [0.3, 0.4) is 0 Å². The van der Waals surface area contributed by atoms with Crippen molar-refractivity contribution in [3.05, 3.63) is 29.3 Å². The molecule has 2 amide bonds. The van der Waals surface area contributed by atoms with Crippen LogP contribution in [0, 0.1) is 0 Å². The molecule has 1 atom stereocenters. The van der Waals surface area contributed by atoms with E-state index in [9.17, 15) is 9.59 Å². The van der Waals surface area contributed by atoms with Gasteiger partial charge >= 0.3 is 0 Å². The fourth-order valence-electron chi connectivity index (χ4n) is 2.31. The van der Waals surface area contributed by atoms with Crippen molar-refractivity contribution in [3.63, 3.8) is 0 Å². The molecule has 0 aromatic heterocycles. The van der Waals surface area contributed by atoms with Crippen LogP contribution in [0.2, 0.25) is 0 Å². The maximum Gasteiger partial charge on any atom is 0.250 e. The summed E-state index contributed by atoms with van der Waals surface area (Å²) in [5.41, 5.74) is 14.0.